The molecular weight excluding hydrogens is 626 g/mol. The van der Waals surface area contributed by atoms with Crippen molar-refractivity contribution in [3.05, 3.63) is 89.0 Å². The van der Waals surface area contributed by atoms with Crippen molar-refractivity contribution in [3.8, 4) is 11.5 Å². The van der Waals surface area contributed by atoms with Gasteiger partial charge in [0.15, 0.2) is 11.4 Å². The highest BCUT2D eigenvalue weighted by Crippen LogP contribution is 2.37. The van der Waals surface area contributed by atoms with Crippen LogP contribution in [-0.4, -0.2) is 68.0 Å². The zero-order valence-corrected chi connectivity index (χ0v) is 25.8. The Balaban J connectivity index is 1.48. The molecule has 1 atom stereocenters. The fourth-order valence-electron chi connectivity index (χ4n) is 4.87. The van der Waals surface area contributed by atoms with Gasteiger partial charge in [-0.2, -0.15) is 0 Å². The van der Waals surface area contributed by atoms with Crippen LogP contribution < -0.4 is 24.4 Å². The molecule has 12 heteroatoms. The Labute approximate surface area is 254 Å². The number of methoxy groups -OCH3 is 1. The van der Waals surface area contributed by atoms with E-state index in [1.807, 2.05) is 24.3 Å². The molecule has 0 aliphatic carbocycles. The third-order valence-corrected chi connectivity index (χ3v) is 8.38. The van der Waals surface area contributed by atoms with Gasteiger partial charge in [-0.15, -0.1) is 0 Å². The predicted octanol–water partition coefficient (Wildman–Crippen LogP) is 2.81. The maximum atomic E-state index is 13.9. The van der Waals surface area contributed by atoms with Crippen molar-refractivity contribution in [2.24, 2.45) is 4.99 Å². The largest absolute Gasteiger partial charge is 0.496 e. The van der Waals surface area contributed by atoms with Gasteiger partial charge in [0.2, 0.25) is 0 Å². The van der Waals surface area contributed by atoms with Gasteiger partial charge in [-0.3, -0.25) is 14.2 Å². The molecule has 0 radical (unpaired) electrons. The lowest BCUT2D eigenvalue weighted by Crippen LogP contribution is -2.42. The first kappa shape index (κ1) is 29.7. The standard InChI is InChI=1S/C30H30BrN3O7S/c1-4-40-29(37)26-18(2)32-30-34(27(26)22-16-20(31)7-10-23(22)38-3)28(36)24(42-30)15-19-5-8-21(9-6-19)41-17-25(35)33-11-13-39-14-12-33/h5-10,15-16,27H,4,11-14,17H2,1-3H3/b24-15-/t27-/m1/s1. The number of allylic oxidation sites excluding steroid dienone is 1. The molecule has 2 aliphatic heterocycles. The summed E-state index contributed by atoms with van der Waals surface area (Å²) in [5.41, 5.74) is 1.85. The number of nitrogens with zero attached hydrogens (tertiary/aromatic N) is 3. The minimum Gasteiger partial charge on any atom is -0.496 e. The van der Waals surface area contributed by atoms with Crippen molar-refractivity contribution in [2.45, 2.75) is 19.9 Å². The number of carbonyl (C=O) groups is 2. The molecule has 1 fully saturated rings. The van der Waals surface area contributed by atoms with Crippen LogP contribution in [0.25, 0.3) is 6.08 Å². The lowest BCUT2D eigenvalue weighted by Gasteiger charge is -2.26. The fraction of sp³-hybridized carbons (Fsp3) is 0.333. The molecule has 42 heavy (non-hydrogen) atoms. The van der Waals surface area contributed by atoms with Gasteiger partial charge in [0.1, 0.15) is 17.5 Å². The molecule has 2 aromatic carbocycles. The molecule has 1 amide bonds. The Bertz CT molecular complexity index is 1710. The Kier molecular flexibility index (Phi) is 9.24. The van der Waals surface area contributed by atoms with E-state index in [0.717, 1.165) is 10.0 Å². The molecule has 0 saturated carbocycles. The summed E-state index contributed by atoms with van der Waals surface area (Å²) >= 11 is 4.74. The number of thiazole rings is 1. The lowest BCUT2D eigenvalue weighted by atomic mass is 9.95. The number of carbonyl (C=O) groups excluding carboxylic acids is 2. The number of esters is 1. The number of ether oxygens (including phenoxy) is 4. The Morgan fingerprint density at radius 3 is 2.60 bits per heavy atom. The van der Waals surface area contributed by atoms with E-state index in [0.29, 0.717) is 58.4 Å². The molecule has 0 spiro atoms. The zero-order valence-electron chi connectivity index (χ0n) is 23.4. The molecule has 1 saturated heterocycles. The van der Waals surface area contributed by atoms with E-state index in [-0.39, 0.29) is 30.3 Å². The number of morpholine rings is 1. The van der Waals surface area contributed by atoms with Crippen LogP contribution in [0.5, 0.6) is 11.5 Å². The Morgan fingerprint density at radius 2 is 1.90 bits per heavy atom. The number of hydrogen-bond donors (Lipinski definition) is 0. The maximum absolute atomic E-state index is 13.9. The van der Waals surface area contributed by atoms with Gasteiger partial charge in [0, 0.05) is 23.1 Å². The van der Waals surface area contributed by atoms with Crippen LogP contribution in [0.1, 0.15) is 31.0 Å². The molecule has 3 aromatic rings. The van der Waals surface area contributed by atoms with Crippen LogP contribution in [0.3, 0.4) is 0 Å². The van der Waals surface area contributed by atoms with Crippen molar-refractivity contribution in [2.75, 3.05) is 46.6 Å². The van der Waals surface area contributed by atoms with Gasteiger partial charge >= 0.3 is 5.97 Å². The topological polar surface area (TPSA) is 109 Å². The number of amides is 1. The number of hydrogen-bond acceptors (Lipinski definition) is 9. The molecule has 1 aromatic heterocycles. The molecule has 3 heterocycles. The van der Waals surface area contributed by atoms with Crippen molar-refractivity contribution in [1.29, 1.82) is 0 Å². The molecule has 220 valence electrons. The van der Waals surface area contributed by atoms with Gasteiger partial charge in [-0.1, -0.05) is 39.4 Å². The van der Waals surface area contributed by atoms with E-state index in [1.54, 1.807) is 50.1 Å². The monoisotopic (exact) mass is 655 g/mol. The van der Waals surface area contributed by atoms with Crippen molar-refractivity contribution in [1.82, 2.24) is 9.47 Å². The molecule has 2 aliphatic rings. The summed E-state index contributed by atoms with van der Waals surface area (Å²) in [6.07, 6.45) is 1.77. The van der Waals surface area contributed by atoms with E-state index in [2.05, 4.69) is 20.9 Å². The van der Waals surface area contributed by atoms with E-state index in [1.165, 1.54) is 15.9 Å². The summed E-state index contributed by atoms with van der Waals surface area (Å²) in [4.78, 5) is 46.2. The summed E-state index contributed by atoms with van der Waals surface area (Å²) in [6.45, 7) is 5.80. The first-order valence-electron chi connectivity index (χ1n) is 13.4. The zero-order chi connectivity index (χ0) is 29.8. The summed E-state index contributed by atoms with van der Waals surface area (Å²) in [7, 11) is 1.54. The Hall–Kier alpha value is -3.74. The number of fused-ring (bicyclic) bond motifs is 1. The van der Waals surface area contributed by atoms with Gasteiger partial charge in [0.05, 0.1) is 42.7 Å². The summed E-state index contributed by atoms with van der Waals surface area (Å²) in [5.74, 6) is 0.448. The van der Waals surface area contributed by atoms with Gasteiger partial charge < -0.3 is 23.8 Å². The SMILES string of the molecule is CCOC(=O)C1=C(C)N=c2s/c(=C\c3ccc(OCC(=O)N4CCOCC4)cc3)c(=O)n2[C@@H]1c1cc(Br)ccc1OC. The summed E-state index contributed by atoms with van der Waals surface area (Å²) in [5, 5.41) is 0. The third kappa shape index (κ3) is 6.20. The van der Waals surface area contributed by atoms with Crippen molar-refractivity contribution >= 4 is 45.2 Å². The summed E-state index contributed by atoms with van der Waals surface area (Å²) in [6, 6.07) is 11.8. The van der Waals surface area contributed by atoms with Crippen molar-refractivity contribution in [3.63, 3.8) is 0 Å². The molecule has 10 nitrogen and oxygen atoms in total. The number of halogens is 1. The molecular formula is C30H30BrN3O7S. The van der Waals surface area contributed by atoms with Crippen molar-refractivity contribution < 1.29 is 28.5 Å². The quantitative estimate of drug-likeness (QED) is 0.344. The average Bonchev–Trinajstić information content (AvgIpc) is 3.30. The third-order valence-electron chi connectivity index (χ3n) is 6.91. The first-order valence-corrected chi connectivity index (χ1v) is 15.0. The number of benzene rings is 2. The smallest absolute Gasteiger partial charge is 0.338 e. The van der Waals surface area contributed by atoms with Gasteiger partial charge in [-0.25, -0.2) is 9.79 Å². The molecule has 0 unspecified atom stereocenters. The highest BCUT2D eigenvalue weighted by Gasteiger charge is 2.35. The minimum atomic E-state index is -0.797. The Morgan fingerprint density at radius 1 is 1.17 bits per heavy atom. The van der Waals surface area contributed by atoms with Gasteiger partial charge in [0.25, 0.3) is 11.5 Å². The highest BCUT2D eigenvalue weighted by atomic mass is 79.9. The maximum Gasteiger partial charge on any atom is 0.338 e. The van der Waals surface area contributed by atoms with Gasteiger partial charge in [-0.05, 0) is 55.8 Å². The molecule has 0 N–H and O–H groups in total. The number of rotatable bonds is 8. The summed E-state index contributed by atoms with van der Waals surface area (Å²) < 4.78 is 24.7. The molecule has 5 rings (SSSR count). The van der Waals surface area contributed by atoms with Crippen LogP contribution in [0.2, 0.25) is 0 Å². The van der Waals surface area contributed by atoms with E-state index in [9.17, 15) is 14.4 Å². The second-order valence-corrected chi connectivity index (χ2v) is 11.5. The average molecular weight is 657 g/mol. The lowest BCUT2D eigenvalue weighted by molar-refractivity contribution is -0.139. The van der Waals surface area contributed by atoms with E-state index >= 15 is 0 Å². The first-order chi connectivity index (χ1) is 20.3. The van der Waals surface area contributed by atoms with Crippen LogP contribution >= 0.6 is 27.3 Å². The van der Waals surface area contributed by atoms with Crippen LogP contribution in [0.15, 0.2) is 68.0 Å². The molecule has 0 bridgehead atoms. The van der Waals surface area contributed by atoms with E-state index < -0.39 is 12.0 Å². The number of aromatic nitrogens is 1. The second-order valence-electron chi connectivity index (χ2n) is 9.54. The van der Waals surface area contributed by atoms with Crippen LogP contribution in [-0.2, 0) is 19.1 Å². The van der Waals surface area contributed by atoms with Crippen LogP contribution in [0.4, 0.5) is 0 Å². The second kappa shape index (κ2) is 13.1. The van der Waals surface area contributed by atoms with Crippen LogP contribution in [0, 0.1) is 0 Å². The fourth-order valence-corrected chi connectivity index (χ4v) is 6.29. The normalized spacial score (nSPS) is 17.0. The predicted molar refractivity (Wildman–Crippen MR) is 160 cm³/mol. The highest BCUT2D eigenvalue weighted by molar-refractivity contribution is 9.10. The van der Waals surface area contributed by atoms with E-state index in [4.69, 9.17) is 18.9 Å². The minimum absolute atomic E-state index is 0.0564.